The number of ether oxygens (including phenoxy) is 1. The highest BCUT2D eigenvalue weighted by Gasteiger charge is 2.03. The molecular weight excluding hydrogens is 204 g/mol. The Labute approximate surface area is 84.7 Å². The van der Waals surface area contributed by atoms with Crippen molar-refractivity contribution in [3.05, 3.63) is 11.1 Å². The maximum atomic E-state index is 10.8. The van der Waals surface area contributed by atoms with Gasteiger partial charge < -0.3 is 9.84 Å². The highest BCUT2D eigenvalue weighted by Crippen LogP contribution is 2.16. The van der Waals surface area contributed by atoms with Gasteiger partial charge in [0, 0.05) is 0 Å². The van der Waals surface area contributed by atoms with Gasteiger partial charge in [-0.1, -0.05) is 23.2 Å². The van der Waals surface area contributed by atoms with Gasteiger partial charge in [0.05, 0.1) is 18.2 Å². The first kappa shape index (κ1) is 10.5. The number of carbonyl (C=O) groups excluding carboxylic acids is 1. The molecule has 14 heavy (non-hydrogen) atoms. The molecule has 6 heteroatoms. The highest BCUT2D eigenvalue weighted by molar-refractivity contribution is 7.16. The molecule has 0 atom stereocenters. The van der Waals surface area contributed by atoms with Gasteiger partial charge in [-0.3, -0.25) is 5.32 Å². The summed E-state index contributed by atoms with van der Waals surface area (Å²) in [6, 6.07) is 0. The van der Waals surface area contributed by atoms with Crippen LogP contribution in [0.4, 0.5) is 9.93 Å². The lowest BCUT2D eigenvalue weighted by molar-refractivity contribution is 0.187. The molecule has 1 aromatic rings. The van der Waals surface area contributed by atoms with Crippen LogP contribution in [0.15, 0.2) is 6.20 Å². The standard InChI is InChI=1S/C8H8N2O3S/c1-13-8(12)10-7-9-5-6(14-7)3-2-4-11/h5,11H,4H2,1H3,(H,9,10,12). The molecule has 1 amide bonds. The smallest absolute Gasteiger partial charge is 0.413 e. The van der Waals surface area contributed by atoms with Crippen molar-refractivity contribution in [2.24, 2.45) is 0 Å². The molecule has 1 aromatic heterocycles. The summed E-state index contributed by atoms with van der Waals surface area (Å²) in [4.78, 5) is 15.3. The zero-order chi connectivity index (χ0) is 10.4. The summed E-state index contributed by atoms with van der Waals surface area (Å²) in [7, 11) is 1.27. The third kappa shape index (κ3) is 3.05. The number of amides is 1. The zero-order valence-electron chi connectivity index (χ0n) is 7.40. The Morgan fingerprint density at radius 1 is 1.86 bits per heavy atom. The quantitative estimate of drug-likeness (QED) is 0.671. The number of thiazole rings is 1. The van der Waals surface area contributed by atoms with Crippen molar-refractivity contribution < 1.29 is 14.6 Å². The molecule has 0 bridgehead atoms. The molecule has 0 aliphatic heterocycles. The van der Waals surface area contributed by atoms with Crippen LogP contribution in [0.2, 0.25) is 0 Å². The number of aliphatic hydroxyl groups is 1. The van der Waals surface area contributed by atoms with E-state index in [4.69, 9.17) is 5.11 Å². The second-order valence-electron chi connectivity index (χ2n) is 2.11. The van der Waals surface area contributed by atoms with E-state index in [-0.39, 0.29) is 6.61 Å². The van der Waals surface area contributed by atoms with Crippen LogP contribution in [0.5, 0.6) is 0 Å². The molecule has 0 saturated carbocycles. The van der Waals surface area contributed by atoms with E-state index in [1.165, 1.54) is 24.6 Å². The van der Waals surface area contributed by atoms with Crippen molar-refractivity contribution in [1.29, 1.82) is 0 Å². The van der Waals surface area contributed by atoms with Crippen LogP contribution in [0, 0.1) is 11.8 Å². The summed E-state index contributed by atoms with van der Waals surface area (Å²) in [6.45, 7) is -0.197. The minimum absolute atomic E-state index is 0.197. The van der Waals surface area contributed by atoms with E-state index in [1.54, 1.807) is 0 Å². The van der Waals surface area contributed by atoms with E-state index >= 15 is 0 Å². The van der Waals surface area contributed by atoms with E-state index in [2.05, 4.69) is 26.9 Å². The molecule has 2 N–H and O–H groups in total. The normalized spacial score (nSPS) is 8.71. The van der Waals surface area contributed by atoms with Gasteiger partial charge in [-0.05, 0) is 0 Å². The second-order valence-corrected chi connectivity index (χ2v) is 3.14. The van der Waals surface area contributed by atoms with Crippen molar-refractivity contribution in [1.82, 2.24) is 4.98 Å². The van der Waals surface area contributed by atoms with Crippen LogP contribution in [-0.2, 0) is 4.74 Å². The van der Waals surface area contributed by atoms with Gasteiger partial charge in [0.1, 0.15) is 6.61 Å². The number of nitrogens with zero attached hydrogens (tertiary/aromatic N) is 1. The number of carbonyl (C=O) groups is 1. The Balaban J connectivity index is 2.64. The monoisotopic (exact) mass is 212 g/mol. The van der Waals surface area contributed by atoms with Crippen molar-refractivity contribution >= 4 is 22.6 Å². The molecule has 0 aromatic carbocycles. The predicted molar refractivity (Wildman–Crippen MR) is 52.1 cm³/mol. The molecule has 0 aliphatic carbocycles. The predicted octanol–water partition coefficient (Wildman–Crippen LogP) is 0.665. The first-order chi connectivity index (χ1) is 6.76. The van der Waals surface area contributed by atoms with E-state index < -0.39 is 6.09 Å². The number of rotatable bonds is 1. The summed E-state index contributed by atoms with van der Waals surface area (Å²) in [5.41, 5.74) is 0. The first-order valence-corrected chi connectivity index (χ1v) is 4.48. The lowest BCUT2D eigenvalue weighted by Crippen LogP contribution is -2.10. The molecular formula is C8H8N2O3S. The molecule has 74 valence electrons. The fourth-order valence-electron chi connectivity index (χ4n) is 0.655. The third-order valence-electron chi connectivity index (χ3n) is 1.19. The third-order valence-corrected chi connectivity index (χ3v) is 2.02. The van der Waals surface area contributed by atoms with Crippen LogP contribution in [0.1, 0.15) is 4.88 Å². The minimum Gasteiger partial charge on any atom is -0.453 e. The second kappa shape index (κ2) is 5.21. The fourth-order valence-corrected chi connectivity index (χ4v) is 1.33. The maximum Gasteiger partial charge on any atom is 0.413 e. The van der Waals surface area contributed by atoms with Gasteiger partial charge in [-0.25, -0.2) is 9.78 Å². The molecule has 5 nitrogen and oxygen atoms in total. The van der Waals surface area contributed by atoms with Gasteiger partial charge >= 0.3 is 6.09 Å². The Kier molecular flexibility index (Phi) is 3.91. The van der Waals surface area contributed by atoms with Crippen LogP contribution in [0.3, 0.4) is 0 Å². The van der Waals surface area contributed by atoms with Crippen molar-refractivity contribution in [2.45, 2.75) is 0 Å². The van der Waals surface area contributed by atoms with Crippen LogP contribution >= 0.6 is 11.3 Å². The first-order valence-electron chi connectivity index (χ1n) is 3.67. The number of aliphatic hydroxyl groups excluding tert-OH is 1. The number of anilines is 1. The molecule has 0 unspecified atom stereocenters. The molecule has 0 saturated heterocycles. The number of aromatic nitrogens is 1. The average Bonchev–Trinajstić information content (AvgIpc) is 2.62. The number of hydrogen-bond acceptors (Lipinski definition) is 5. The molecule has 1 rings (SSSR count). The van der Waals surface area contributed by atoms with E-state index in [1.807, 2.05) is 0 Å². The van der Waals surface area contributed by atoms with E-state index in [0.29, 0.717) is 10.0 Å². The Morgan fingerprint density at radius 3 is 3.29 bits per heavy atom. The summed E-state index contributed by atoms with van der Waals surface area (Å²) in [6.07, 6.45) is 0.944. The molecule has 0 fully saturated rings. The number of methoxy groups -OCH3 is 1. The summed E-state index contributed by atoms with van der Waals surface area (Å²) in [5.74, 6) is 5.15. The summed E-state index contributed by atoms with van der Waals surface area (Å²) < 4.78 is 4.39. The topological polar surface area (TPSA) is 71.5 Å². The van der Waals surface area contributed by atoms with E-state index in [0.717, 1.165) is 0 Å². The number of hydrogen-bond donors (Lipinski definition) is 2. The zero-order valence-corrected chi connectivity index (χ0v) is 8.22. The largest absolute Gasteiger partial charge is 0.453 e. The minimum atomic E-state index is -0.569. The average molecular weight is 212 g/mol. The Bertz CT molecular complexity index is 377. The van der Waals surface area contributed by atoms with Gasteiger partial charge in [-0.2, -0.15) is 0 Å². The van der Waals surface area contributed by atoms with Crippen molar-refractivity contribution in [3.63, 3.8) is 0 Å². The fraction of sp³-hybridized carbons (Fsp3) is 0.250. The summed E-state index contributed by atoms with van der Waals surface area (Å²) >= 11 is 1.21. The SMILES string of the molecule is COC(=O)Nc1ncc(C#CCO)s1. The van der Waals surface area contributed by atoms with Crippen molar-refractivity contribution in [3.8, 4) is 11.8 Å². The van der Waals surface area contributed by atoms with Crippen molar-refractivity contribution in [2.75, 3.05) is 19.0 Å². The van der Waals surface area contributed by atoms with Gasteiger partial charge in [0.15, 0.2) is 5.13 Å². The lowest BCUT2D eigenvalue weighted by Gasteiger charge is -1.96. The molecule has 0 aliphatic rings. The highest BCUT2D eigenvalue weighted by atomic mass is 32.1. The van der Waals surface area contributed by atoms with E-state index in [9.17, 15) is 4.79 Å². The van der Waals surface area contributed by atoms with Crippen LogP contribution in [0.25, 0.3) is 0 Å². The maximum absolute atomic E-state index is 10.8. The number of nitrogens with one attached hydrogen (secondary N) is 1. The Morgan fingerprint density at radius 2 is 2.64 bits per heavy atom. The Hall–Kier alpha value is -1.58. The molecule has 0 radical (unpaired) electrons. The van der Waals surface area contributed by atoms with Gasteiger partial charge in [-0.15, -0.1) is 0 Å². The molecule has 1 heterocycles. The van der Waals surface area contributed by atoms with Gasteiger partial charge in [0.25, 0.3) is 0 Å². The van der Waals surface area contributed by atoms with Gasteiger partial charge in [0.2, 0.25) is 0 Å². The lowest BCUT2D eigenvalue weighted by atomic mass is 10.5. The van der Waals surface area contributed by atoms with Crippen LogP contribution in [-0.4, -0.2) is 29.9 Å². The summed E-state index contributed by atoms with van der Waals surface area (Å²) in [5, 5.41) is 11.3. The molecule has 0 spiro atoms. The van der Waals surface area contributed by atoms with Crippen LogP contribution < -0.4 is 5.32 Å².